The van der Waals surface area contributed by atoms with Crippen LogP contribution in [-0.4, -0.2) is 35.9 Å². The van der Waals surface area contributed by atoms with Crippen molar-refractivity contribution in [3.8, 4) is 17.6 Å². The van der Waals surface area contributed by atoms with Gasteiger partial charge in [-0.05, 0) is 32.9 Å². The van der Waals surface area contributed by atoms with Gasteiger partial charge in [-0.25, -0.2) is 4.98 Å². The van der Waals surface area contributed by atoms with Crippen molar-refractivity contribution in [1.82, 2.24) is 10.3 Å². The number of aromatic nitrogens is 1. The SMILES string of the molecule is C[C@@H](CCO)Oc1cc(Cl)ncc1C#CC1CCNCC1. The van der Waals surface area contributed by atoms with E-state index in [9.17, 15) is 0 Å². The fourth-order valence-electron chi connectivity index (χ4n) is 2.21. The Hall–Kier alpha value is -1.28. The standard InChI is InChI=1S/C16H21ClN2O2/c1-12(6-9-20)21-15-10-16(17)19-11-14(15)3-2-13-4-7-18-8-5-13/h10-13,18,20H,4-9H2,1H3/t12-/m0/s1. The molecule has 0 aromatic carbocycles. The first-order chi connectivity index (χ1) is 10.2. The van der Waals surface area contributed by atoms with Gasteiger partial charge in [0.1, 0.15) is 10.9 Å². The Kier molecular flexibility index (Phi) is 6.31. The maximum atomic E-state index is 8.96. The highest BCUT2D eigenvalue weighted by atomic mass is 35.5. The molecule has 0 bridgehead atoms. The molecule has 1 atom stereocenters. The van der Waals surface area contributed by atoms with Gasteiger partial charge in [0.2, 0.25) is 0 Å². The summed E-state index contributed by atoms with van der Waals surface area (Å²) in [5.41, 5.74) is 0.753. The van der Waals surface area contributed by atoms with Crippen molar-refractivity contribution in [2.45, 2.75) is 32.3 Å². The molecule has 1 aromatic heterocycles. The monoisotopic (exact) mass is 308 g/mol. The molecule has 0 unspecified atom stereocenters. The van der Waals surface area contributed by atoms with Gasteiger partial charge in [-0.2, -0.15) is 0 Å². The van der Waals surface area contributed by atoms with Crippen molar-refractivity contribution >= 4 is 11.6 Å². The Balaban J connectivity index is 2.12. The third kappa shape index (κ3) is 5.20. The number of hydrogen-bond donors (Lipinski definition) is 2. The highest BCUT2D eigenvalue weighted by Crippen LogP contribution is 2.23. The molecule has 2 rings (SSSR count). The van der Waals surface area contributed by atoms with Crippen molar-refractivity contribution in [2.75, 3.05) is 19.7 Å². The van der Waals surface area contributed by atoms with Gasteiger partial charge in [0, 0.05) is 31.2 Å². The third-order valence-corrected chi connectivity index (χ3v) is 3.65. The van der Waals surface area contributed by atoms with Gasteiger partial charge in [-0.3, -0.25) is 0 Å². The fraction of sp³-hybridized carbons (Fsp3) is 0.562. The van der Waals surface area contributed by atoms with E-state index in [0.717, 1.165) is 31.5 Å². The van der Waals surface area contributed by atoms with Gasteiger partial charge in [0.05, 0.1) is 11.7 Å². The molecule has 1 fully saturated rings. The number of halogens is 1. The maximum absolute atomic E-state index is 8.96. The summed E-state index contributed by atoms with van der Waals surface area (Å²) >= 11 is 5.93. The highest BCUT2D eigenvalue weighted by Gasteiger charge is 2.11. The van der Waals surface area contributed by atoms with E-state index in [0.29, 0.717) is 23.2 Å². The minimum Gasteiger partial charge on any atom is -0.489 e. The predicted octanol–water partition coefficient (Wildman–Crippen LogP) is 2.24. The van der Waals surface area contributed by atoms with Crippen LogP contribution < -0.4 is 10.1 Å². The first-order valence-electron chi connectivity index (χ1n) is 7.34. The molecule has 1 aliphatic heterocycles. The second-order valence-electron chi connectivity index (χ2n) is 5.24. The summed E-state index contributed by atoms with van der Waals surface area (Å²) < 4.78 is 5.81. The summed E-state index contributed by atoms with van der Waals surface area (Å²) in [5.74, 6) is 7.53. The number of hydrogen-bond acceptors (Lipinski definition) is 4. The first kappa shape index (κ1) is 16.1. The zero-order valence-electron chi connectivity index (χ0n) is 12.2. The summed E-state index contributed by atoms with van der Waals surface area (Å²) in [6, 6.07) is 1.68. The molecular formula is C16H21ClN2O2. The number of aliphatic hydroxyl groups is 1. The Labute approximate surface area is 130 Å². The smallest absolute Gasteiger partial charge is 0.139 e. The molecule has 1 aromatic rings. The summed E-state index contributed by atoms with van der Waals surface area (Å²) in [6.07, 6.45) is 4.28. The van der Waals surface area contributed by atoms with Gasteiger partial charge in [-0.15, -0.1) is 0 Å². The van der Waals surface area contributed by atoms with E-state index < -0.39 is 0 Å². The number of piperidine rings is 1. The molecule has 2 N–H and O–H groups in total. The van der Waals surface area contributed by atoms with E-state index in [2.05, 4.69) is 22.1 Å². The Morgan fingerprint density at radius 2 is 2.29 bits per heavy atom. The summed E-state index contributed by atoms with van der Waals surface area (Å²) in [4.78, 5) is 4.08. The fourth-order valence-corrected chi connectivity index (χ4v) is 2.36. The molecule has 114 valence electrons. The molecule has 0 amide bonds. The third-order valence-electron chi connectivity index (χ3n) is 3.45. The van der Waals surface area contributed by atoms with Gasteiger partial charge >= 0.3 is 0 Å². The number of rotatable bonds is 4. The predicted molar refractivity (Wildman–Crippen MR) is 83.5 cm³/mol. The van der Waals surface area contributed by atoms with Crippen molar-refractivity contribution in [3.63, 3.8) is 0 Å². The Morgan fingerprint density at radius 3 is 3.00 bits per heavy atom. The molecule has 0 spiro atoms. The van der Waals surface area contributed by atoms with Crippen LogP contribution in [-0.2, 0) is 0 Å². The summed E-state index contributed by atoms with van der Waals surface area (Å²) in [5, 5.41) is 12.7. The van der Waals surface area contributed by atoms with Crippen LogP contribution in [0.4, 0.5) is 0 Å². The van der Waals surface area contributed by atoms with Crippen LogP contribution in [0, 0.1) is 17.8 Å². The van der Waals surface area contributed by atoms with Crippen LogP contribution in [0.15, 0.2) is 12.3 Å². The minimum absolute atomic E-state index is 0.0899. The van der Waals surface area contributed by atoms with Crippen LogP contribution in [0.5, 0.6) is 5.75 Å². The summed E-state index contributed by atoms with van der Waals surface area (Å²) in [7, 11) is 0. The second-order valence-corrected chi connectivity index (χ2v) is 5.62. The van der Waals surface area contributed by atoms with Crippen LogP contribution in [0.3, 0.4) is 0 Å². The minimum atomic E-state index is -0.0899. The Morgan fingerprint density at radius 1 is 1.52 bits per heavy atom. The van der Waals surface area contributed by atoms with Crippen LogP contribution in [0.1, 0.15) is 31.7 Å². The van der Waals surface area contributed by atoms with Crippen molar-refractivity contribution in [1.29, 1.82) is 0 Å². The molecule has 2 heterocycles. The van der Waals surface area contributed by atoms with Crippen molar-refractivity contribution < 1.29 is 9.84 Å². The van der Waals surface area contributed by atoms with Crippen molar-refractivity contribution in [3.05, 3.63) is 23.0 Å². The van der Waals surface area contributed by atoms with E-state index in [1.165, 1.54) is 0 Å². The van der Waals surface area contributed by atoms with E-state index >= 15 is 0 Å². The average molecular weight is 309 g/mol. The second kappa shape index (κ2) is 8.23. The van der Waals surface area contributed by atoms with E-state index in [4.69, 9.17) is 21.4 Å². The number of ether oxygens (including phenoxy) is 1. The molecule has 21 heavy (non-hydrogen) atoms. The van der Waals surface area contributed by atoms with E-state index in [1.54, 1.807) is 12.3 Å². The van der Waals surface area contributed by atoms with E-state index in [1.807, 2.05) is 6.92 Å². The largest absolute Gasteiger partial charge is 0.489 e. The molecule has 0 saturated carbocycles. The van der Waals surface area contributed by atoms with Gasteiger partial charge in [0.25, 0.3) is 0 Å². The maximum Gasteiger partial charge on any atom is 0.139 e. The van der Waals surface area contributed by atoms with Crippen LogP contribution >= 0.6 is 11.6 Å². The molecule has 4 nitrogen and oxygen atoms in total. The Bertz CT molecular complexity index is 519. The number of pyridine rings is 1. The molecule has 1 aliphatic rings. The van der Waals surface area contributed by atoms with Gasteiger partial charge in [-0.1, -0.05) is 23.4 Å². The lowest BCUT2D eigenvalue weighted by Gasteiger charge is -2.17. The molecule has 1 saturated heterocycles. The number of nitrogens with zero attached hydrogens (tertiary/aromatic N) is 1. The zero-order valence-corrected chi connectivity index (χ0v) is 13.0. The van der Waals surface area contributed by atoms with Gasteiger partial charge < -0.3 is 15.2 Å². The lowest BCUT2D eigenvalue weighted by molar-refractivity contribution is 0.168. The van der Waals surface area contributed by atoms with Crippen LogP contribution in [0.25, 0.3) is 0 Å². The van der Waals surface area contributed by atoms with Crippen molar-refractivity contribution in [2.24, 2.45) is 5.92 Å². The quantitative estimate of drug-likeness (QED) is 0.661. The zero-order chi connectivity index (χ0) is 15.1. The number of nitrogens with one attached hydrogen (secondary N) is 1. The van der Waals surface area contributed by atoms with Gasteiger partial charge in [0.15, 0.2) is 0 Å². The molecular weight excluding hydrogens is 288 g/mol. The normalized spacial score (nSPS) is 16.9. The topological polar surface area (TPSA) is 54.4 Å². The molecule has 0 radical (unpaired) electrons. The average Bonchev–Trinajstić information content (AvgIpc) is 2.48. The lowest BCUT2D eigenvalue weighted by Crippen LogP contribution is -2.26. The number of aliphatic hydroxyl groups excluding tert-OH is 1. The summed E-state index contributed by atoms with van der Waals surface area (Å²) in [6.45, 7) is 4.05. The first-order valence-corrected chi connectivity index (χ1v) is 7.72. The molecule has 0 aliphatic carbocycles. The lowest BCUT2D eigenvalue weighted by atomic mass is 9.98. The van der Waals surface area contributed by atoms with E-state index in [-0.39, 0.29) is 12.7 Å². The van der Waals surface area contributed by atoms with Crippen LogP contribution in [0.2, 0.25) is 5.15 Å². The highest BCUT2D eigenvalue weighted by molar-refractivity contribution is 6.29. The molecule has 5 heteroatoms.